The Bertz CT molecular complexity index is 556. The molecule has 0 saturated carbocycles. The molecule has 0 N–H and O–H groups in total. The van der Waals surface area contributed by atoms with Gasteiger partial charge in [0.1, 0.15) is 11.6 Å². The molecule has 0 radical (unpaired) electrons. The van der Waals surface area contributed by atoms with Gasteiger partial charge >= 0.3 is 0 Å². The monoisotopic (exact) mass is 264 g/mol. The van der Waals surface area contributed by atoms with E-state index in [2.05, 4.69) is 15.2 Å². The second kappa shape index (κ2) is 4.95. The summed E-state index contributed by atoms with van der Waals surface area (Å²) < 4.78 is 28.5. The number of nitrogens with zero attached hydrogens (tertiary/aromatic N) is 4. The largest absolute Gasteiger partial charge is 0.354 e. The molecule has 0 bridgehead atoms. The predicted octanol–water partition coefficient (Wildman–Crippen LogP) is 2.20. The molecule has 0 amide bonds. The molecule has 1 fully saturated rings. The van der Waals surface area contributed by atoms with Crippen molar-refractivity contribution in [2.45, 2.75) is 19.4 Å². The second-order valence-corrected chi connectivity index (χ2v) is 4.67. The van der Waals surface area contributed by atoms with Crippen LogP contribution in [0.1, 0.15) is 18.4 Å². The lowest BCUT2D eigenvalue weighted by Gasteiger charge is -2.11. The molecule has 19 heavy (non-hydrogen) atoms. The minimum absolute atomic E-state index is 0.0142. The first-order valence-corrected chi connectivity index (χ1v) is 6.32. The lowest BCUT2D eigenvalue weighted by atomic mass is 10.2. The van der Waals surface area contributed by atoms with Crippen molar-refractivity contribution in [2.75, 3.05) is 18.0 Å². The molecule has 0 spiro atoms. The highest BCUT2D eigenvalue weighted by Crippen LogP contribution is 2.18. The molecule has 1 aromatic carbocycles. The van der Waals surface area contributed by atoms with Gasteiger partial charge in [-0.15, -0.1) is 5.10 Å². The first-order chi connectivity index (χ1) is 9.24. The van der Waals surface area contributed by atoms with Gasteiger partial charge < -0.3 is 4.90 Å². The fraction of sp³-hybridized carbons (Fsp3) is 0.385. The summed E-state index contributed by atoms with van der Waals surface area (Å²) in [4.78, 5) is 2.13. The maximum absolute atomic E-state index is 13.5. The molecule has 1 aliphatic heterocycles. The topological polar surface area (TPSA) is 34.0 Å². The van der Waals surface area contributed by atoms with Crippen LogP contribution in [-0.2, 0) is 6.54 Å². The van der Waals surface area contributed by atoms with E-state index in [1.807, 2.05) is 0 Å². The molecule has 1 aromatic heterocycles. The lowest BCUT2D eigenvalue weighted by Crippen LogP contribution is -2.17. The Hall–Kier alpha value is -1.98. The first kappa shape index (κ1) is 12.1. The van der Waals surface area contributed by atoms with Crippen molar-refractivity contribution in [2.24, 2.45) is 0 Å². The van der Waals surface area contributed by atoms with Gasteiger partial charge in [-0.2, -0.15) is 0 Å². The molecule has 0 unspecified atom stereocenters. The van der Waals surface area contributed by atoms with Crippen molar-refractivity contribution in [1.82, 2.24) is 15.0 Å². The number of benzene rings is 1. The quantitative estimate of drug-likeness (QED) is 0.852. The van der Waals surface area contributed by atoms with Gasteiger partial charge in [0.05, 0.1) is 12.7 Å². The Balaban J connectivity index is 1.80. The highest BCUT2D eigenvalue weighted by atomic mass is 19.1. The zero-order valence-corrected chi connectivity index (χ0v) is 10.4. The van der Waals surface area contributed by atoms with E-state index in [9.17, 15) is 8.78 Å². The van der Waals surface area contributed by atoms with Crippen LogP contribution in [0.25, 0.3) is 0 Å². The van der Waals surface area contributed by atoms with E-state index in [1.54, 1.807) is 6.20 Å². The SMILES string of the molecule is Fc1cccc(F)c1Cn1cc(N2CCCC2)nn1. The third kappa shape index (κ3) is 2.43. The molecule has 100 valence electrons. The molecule has 0 atom stereocenters. The van der Waals surface area contributed by atoms with Crippen molar-refractivity contribution in [3.63, 3.8) is 0 Å². The van der Waals surface area contributed by atoms with Gasteiger partial charge in [0.25, 0.3) is 0 Å². The van der Waals surface area contributed by atoms with Crippen molar-refractivity contribution < 1.29 is 8.78 Å². The van der Waals surface area contributed by atoms with E-state index >= 15 is 0 Å². The number of hydrogen-bond donors (Lipinski definition) is 0. The van der Waals surface area contributed by atoms with E-state index in [0.717, 1.165) is 31.7 Å². The molecule has 6 heteroatoms. The molecule has 1 aliphatic rings. The zero-order chi connectivity index (χ0) is 13.2. The third-order valence-electron chi connectivity index (χ3n) is 3.34. The van der Waals surface area contributed by atoms with Crippen LogP contribution in [0.4, 0.5) is 14.6 Å². The Labute approximate surface area is 109 Å². The highest BCUT2D eigenvalue weighted by molar-refractivity contribution is 5.35. The van der Waals surface area contributed by atoms with Crippen molar-refractivity contribution >= 4 is 5.82 Å². The molecular formula is C13H14F2N4. The standard InChI is InChI=1S/C13H14F2N4/c14-11-4-3-5-12(15)10(11)8-19-9-13(16-17-19)18-6-1-2-7-18/h3-5,9H,1-2,6-8H2. The molecule has 0 aliphatic carbocycles. The van der Waals surface area contributed by atoms with Gasteiger partial charge in [-0.25, -0.2) is 13.5 Å². The first-order valence-electron chi connectivity index (χ1n) is 6.32. The highest BCUT2D eigenvalue weighted by Gasteiger charge is 2.16. The number of hydrogen-bond acceptors (Lipinski definition) is 3. The van der Waals surface area contributed by atoms with Gasteiger partial charge in [-0.3, -0.25) is 0 Å². The Morgan fingerprint density at radius 2 is 1.79 bits per heavy atom. The van der Waals surface area contributed by atoms with Crippen LogP contribution in [0.2, 0.25) is 0 Å². The summed E-state index contributed by atoms with van der Waals surface area (Å²) in [6.45, 7) is 1.98. The number of aromatic nitrogens is 3. The average molecular weight is 264 g/mol. The molecule has 1 saturated heterocycles. The van der Waals surface area contributed by atoms with Crippen molar-refractivity contribution in [3.05, 3.63) is 41.6 Å². The van der Waals surface area contributed by atoms with E-state index < -0.39 is 11.6 Å². The number of halogens is 2. The average Bonchev–Trinajstić information content (AvgIpc) is 3.04. The Morgan fingerprint density at radius 3 is 2.47 bits per heavy atom. The Morgan fingerprint density at radius 1 is 1.11 bits per heavy atom. The predicted molar refractivity (Wildman–Crippen MR) is 66.9 cm³/mol. The summed E-state index contributed by atoms with van der Waals surface area (Å²) in [5.41, 5.74) is 0.0142. The molecule has 3 rings (SSSR count). The van der Waals surface area contributed by atoms with Gasteiger partial charge in [-0.05, 0) is 25.0 Å². The third-order valence-corrected chi connectivity index (χ3v) is 3.34. The minimum atomic E-state index is -0.557. The van der Waals surface area contributed by atoms with Gasteiger partial charge in [0.15, 0.2) is 5.82 Å². The van der Waals surface area contributed by atoms with Gasteiger partial charge in [-0.1, -0.05) is 11.3 Å². The number of anilines is 1. The summed E-state index contributed by atoms with van der Waals surface area (Å²) in [6, 6.07) is 3.85. The van der Waals surface area contributed by atoms with Crippen molar-refractivity contribution in [3.8, 4) is 0 Å². The zero-order valence-electron chi connectivity index (χ0n) is 10.4. The smallest absolute Gasteiger partial charge is 0.171 e. The van der Waals surface area contributed by atoms with Crippen LogP contribution in [-0.4, -0.2) is 28.1 Å². The summed E-state index contributed by atoms with van der Waals surface area (Å²) in [5, 5.41) is 7.98. The number of rotatable bonds is 3. The summed E-state index contributed by atoms with van der Waals surface area (Å²) >= 11 is 0. The van der Waals surface area contributed by atoms with Crippen molar-refractivity contribution in [1.29, 1.82) is 0 Å². The molecule has 4 nitrogen and oxygen atoms in total. The van der Waals surface area contributed by atoms with E-state index in [1.165, 1.54) is 22.9 Å². The summed E-state index contributed by atoms with van der Waals surface area (Å²) in [6.07, 6.45) is 4.03. The lowest BCUT2D eigenvalue weighted by molar-refractivity contribution is 0.528. The van der Waals surface area contributed by atoms with Crippen LogP contribution >= 0.6 is 0 Å². The summed E-state index contributed by atoms with van der Waals surface area (Å²) in [5.74, 6) is -0.342. The van der Waals surface area contributed by atoms with Crippen LogP contribution in [0, 0.1) is 11.6 Å². The minimum Gasteiger partial charge on any atom is -0.354 e. The molecule has 2 aromatic rings. The van der Waals surface area contributed by atoms with Gasteiger partial charge in [0.2, 0.25) is 0 Å². The van der Waals surface area contributed by atoms with Crippen LogP contribution < -0.4 is 4.90 Å². The Kier molecular flexibility index (Phi) is 3.15. The van der Waals surface area contributed by atoms with E-state index in [-0.39, 0.29) is 12.1 Å². The maximum Gasteiger partial charge on any atom is 0.171 e. The molecule has 2 heterocycles. The van der Waals surface area contributed by atoms with Crippen LogP contribution in [0.15, 0.2) is 24.4 Å². The second-order valence-electron chi connectivity index (χ2n) is 4.67. The normalized spacial score (nSPS) is 15.2. The van der Waals surface area contributed by atoms with Crippen LogP contribution in [0.3, 0.4) is 0 Å². The van der Waals surface area contributed by atoms with E-state index in [0.29, 0.717) is 0 Å². The summed E-state index contributed by atoms with van der Waals surface area (Å²) in [7, 11) is 0. The van der Waals surface area contributed by atoms with Gasteiger partial charge in [0, 0.05) is 18.7 Å². The fourth-order valence-electron chi connectivity index (χ4n) is 2.30. The van der Waals surface area contributed by atoms with E-state index in [4.69, 9.17) is 0 Å². The fourth-order valence-corrected chi connectivity index (χ4v) is 2.30. The molecular weight excluding hydrogens is 250 g/mol. The maximum atomic E-state index is 13.5. The van der Waals surface area contributed by atoms with Crippen LogP contribution in [0.5, 0.6) is 0 Å².